The monoisotopic (exact) mass is 587 g/mol. The van der Waals surface area contributed by atoms with Crippen LogP contribution >= 0.6 is 0 Å². The van der Waals surface area contributed by atoms with Crippen LogP contribution < -0.4 is 10.1 Å². The number of anilines is 1. The molecule has 2 aromatic carbocycles. The third kappa shape index (κ3) is 7.74. The third-order valence-corrected chi connectivity index (χ3v) is 7.44. The summed E-state index contributed by atoms with van der Waals surface area (Å²) in [5, 5.41) is 3.31. The number of carbonyl (C=O) groups excluding carboxylic acids is 2. The molecule has 0 saturated heterocycles. The van der Waals surface area contributed by atoms with Gasteiger partial charge in [0.15, 0.2) is 5.69 Å². The lowest BCUT2D eigenvalue weighted by Gasteiger charge is -2.34. The molecule has 10 heteroatoms. The van der Waals surface area contributed by atoms with Crippen LogP contribution in [0.3, 0.4) is 0 Å². The highest BCUT2D eigenvalue weighted by atomic mass is 16.6. The number of rotatable bonds is 8. The maximum Gasteiger partial charge on any atom is 0.413 e. The molecule has 1 unspecified atom stereocenters. The Morgan fingerprint density at radius 3 is 2.42 bits per heavy atom. The van der Waals surface area contributed by atoms with E-state index in [0.717, 1.165) is 5.56 Å². The first-order chi connectivity index (χ1) is 20.7. The van der Waals surface area contributed by atoms with Crippen molar-refractivity contribution < 1.29 is 23.8 Å². The molecule has 1 atom stereocenters. The average Bonchev–Trinajstić information content (AvgIpc) is 3.39. The van der Waals surface area contributed by atoms with Gasteiger partial charge in [0.2, 0.25) is 12.2 Å². The fraction of sp³-hybridized carbons (Fsp3) is 0.455. The molecule has 228 valence electrons. The molecule has 1 saturated carbocycles. The summed E-state index contributed by atoms with van der Waals surface area (Å²) in [5.41, 5.74) is 1.98. The summed E-state index contributed by atoms with van der Waals surface area (Å²) in [5.74, 6) is 1.45. The van der Waals surface area contributed by atoms with E-state index in [1.807, 2.05) is 51.1 Å². The summed E-state index contributed by atoms with van der Waals surface area (Å²) in [6, 6.07) is 17.7. The predicted octanol–water partition coefficient (Wildman–Crippen LogP) is 6.47. The third-order valence-electron chi connectivity index (χ3n) is 7.44. The van der Waals surface area contributed by atoms with Crippen LogP contribution in [0.2, 0.25) is 0 Å². The number of aromatic nitrogens is 2. The van der Waals surface area contributed by atoms with Crippen LogP contribution in [0.25, 0.3) is 0 Å². The highest BCUT2D eigenvalue weighted by Crippen LogP contribution is 2.33. The van der Waals surface area contributed by atoms with Gasteiger partial charge in [-0.3, -0.25) is 9.69 Å². The van der Waals surface area contributed by atoms with Crippen molar-refractivity contribution in [3.8, 4) is 5.75 Å². The fourth-order valence-corrected chi connectivity index (χ4v) is 5.40. The zero-order chi connectivity index (χ0) is 30.4. The first kappa shape index (κ1) is 30.1. The quantitative estimate of drug-likeness (QED) is 0.301. The Kier molecular flexibility index (Phi) is 9.33. The molecule has 3 aromatic rings. The molecule has 43 heavy (non-hydrogen) atoms. The Bertz CT molecular complexity index is 1420. The van der Waals surface area contributed by atoms with E-state index in [9.17, 15) is 9.59 Å². The molecule has 0 bridgehead atoms. The Labute approximate surface area is 253 Å². The molecule has 2 heterocycles. The number of hydrogen-bond acceptors (Lipinski definition) is 8. The van der Waals surface area contributed by atoms with E-state index in [0.29, 0.717) is 23.2 Å². The molecule has 1 fully saturated rings. The topological polar surface area (TPSA) is 107 Å². The fourth-order valence-electron chi connectivity index (χ4n) is 5.40. The molecule has 2 aliphatic rings. The predicted molar refractivity (Wildman–Crippen MR) is 164 cm³/mol. The van der Waals surface area contributed by atoms with Gasteiger partial charge < -0.3 is 24.1 Å². The van der Waals surface area contributed by atoms with E-state index < -0.39 is 24.0 Å². The minimum absolute atomic E-state index is 0.0659. The molecular formula is C33H41N5O5. The van der Waals surface area contributed by atoms with Crippen molar-refractivity contribution in [1.82, 2.24) is 14.5 Å². The molecular weight excluding hydrogens is 546 g/mol. The van der Waals surface area contributed by atoms with Gasteiger partial charge in [-0.2, -0.15) is 0 Å². The van der Waals surface area contributed by atoms with Crippen LogP contribution in [0, 0.1) is 0 Å². The molecule has 1 aliphatic heterocycles. The van der Waals surface area contributed by atoms with Crippen molar-refractivity contribution in [3.63, 3.8) is 0 Å². The molecule has 10 nitrogen and oxygen atoms in total. The number of para-hydroxylation sites is 1. The SMILES string of the molecule is CCOC(=O)Cn1cnc2c1NC(N(Cc1ccc(C3CCCCC3)cc1)C(=O)OC(C)(C)C)N=C2Oc1ccccc1. The van der Waals surface area contributed by atoms with Crippen molar-refractivity contribution >= 4 is 23.8 Å². The van der Waals surface area contributed by atoms with Crippen LogP contribution in [0.1, 0.15) is 82.5 Å². The van der Waals surface area contributed by atoms with Gasteiger partial charge >= 0.3 is 12.1 Å². The van der Waals surface area contributed by atoms with E-state index >= 15 is 0 Å². The number of amides is 1. The number of carbonyl (C=O) groups is 2. The summed E-state index contributed by atoms with van der Waals surface area (Å²) >= 11 is 0. The summed E-state index contributed by atoms with van der Waals surface area (Å²) < 4.78 is 18.8. The van der Waals surface area contributed by atoms with E-state index in [1.54, 1.807) is 11.5 Å². The first-order valence-corrected chi connectivity index (χ1v) is 15.1. The summed E-state index contributed by atoms with van der Waals surface area (Å²) in [6.07, 6.45) is 6.37. The second-order valence-electron chi connectivity index (χ2n) is 11.9. The summed E-state index contributed by atoms with van der Waals surface area (Å²) in [4.78, 5) is 36.9. The van der Waals surface area contributed by atoms with Gasteiger partial charge in [0, 0.05) is 0 Å². The first-order valence-electron chi connectivity index (χ1n) is 15.1. The van der Waals surface area contributed by atoms with Crippen molar-refractivity contribution in [3.05, 3.63) is 77.7 Å². The lowest BCUT2D eigenvalue weighted by molar-refractivity contribution is -0.143. The minimum Gasteiger partial charge on any atom is -0.465 e. The minimum atomic E-state index is -0.906. The van der Waals surface area contributed by atoms with Crippen molar-refractivity contribution in [1.29, 1.82) is 0 Å². The molecule has 1 aromatic heterocycles. The number of benzene rings is 2. The molecule has 1 aliphatic carbocycles. The number of ether oxygens (including phenoxy) is 3. The number of nitrogens with one attached hydrogen (secondary N) is 1. The van der Waals surface area contributed by atoms with Crippen LogP contribution in [0.5, 0.6) is 5.75 Å². The molecule has 0 radical (unpaired) electrons. The van der Waals surface area contributed by atoms with Crippen molar-refractivity contribution in [2.24, 2.45) is 4.99 Å². The van der Waals surface area contributed by atoms with Gasteiger partial charge in [-0.1, -0.05) is 61.7 Å². The maximum atomic E-state index is 13.7. The van der Waals surface area contributed by atoms with E-state index in [2.05, 4.69) is 34.6 Å². The summed E-state index contributed by atoms with van der Waals surface area (Å²) in [6.45, 7) is 7.68. The van der Waals surface area contributed by atoms with Gasteiger partial charge in [-0.15, -0.1) is 0 Å². The number of imidazole rings is 1. The van der Waals surface area contributed by atoms with E-state index in [1.165, 1.54) is 48.9 Å². The van der Waals surface area contributed by atoms with Gasteiger partial charge in [-0.05, 0) is 69.7 Å². The Balaban J connectivity index is 1.47. The number of fused-ring (bicyclic) bond motifs is 1. The zero-order valence-corrected chi connectivity index (χ0v) is 25.4. The number of aliphatic imine (C=N–C) groups is 1. The van der Waals surface area contributed by atoms with Crippen molar-refractivity contribution in [2.75, 3.05) is 11.9 Å². The van der Waals surface area contributed by atoms with E-state index in [-0.39, 0.29) is 25.6 Å². The van der Waals surface area contributed by atoms with Gasteiger partial charge in [0.25, 0.3) is 0 Å². The summed E-state index contributed by atoms with van der Waals surface area (Å²) in [7, 11) is 0. The van der Waals surface area contributed by atoms with E-state index in [4.69, 9.17) is 19.2 Å². The number of esters is 1. The largest absolute Gasteiger partial charge is 0.465 e. The lowest BCUT2D eigenvalue weighted by Crippen LogP contribution is -2.48. The van der Waals surface area contributed by atoms with Crippen LogP contribution in [-0.4, -0.2) is 50.9 Å². The normalized spacial score (nSPS) is 16.8. The molecule has 0 spiro atoms. The van der Waals surface area contributed by atoms with Crippen LogP contribution in [0.4, 0.5) is 10.6 Å². The van der Waals surface area contributed by atoms with Gasteiger partial charge in [0.1, 0.15) is 23.7 Å². The lowest BCUT2D eigenvalue weighted by atomic mass is 9.84. The highest BCUT2D eigenvalue weighted by Gasteiger charge is 2.35. The highest BCUT2D eigenvalue weighted by molar-refractivity contribution is 6.00. The number of hydrogen-bond donors (Lipinski definition) is 1. The molecule has 1 N–H and O–H groups in total. The van der Waals surface area contributed by atoms with Gasteiger partial charge in [-0.25, -0.2) is 14.8 Å². The number of nitrogens with zero attached hydrogens (tertiary/aromatic N) is 4. The Morgan fingerprint density at radius 2 is 1.74 bits per heavy atom. The van der Waals surface area contributed by atoms with Crippen molar-refractivity contribution in [2.45, 2.75) is 90.7 Å². The Morgan fingerprint density at radius 1 is 1.02 bits per heavy atom. The molecule has 1 amide bonds. The van der Waals surface area contributed by atoms with Gasteiger partial charge in [0.05, 0.1) is 19.5 Å². The second kappa shape index (κ2) is 13.3. The zero-order valence-electron chi connectivity index (χ0n) is 25.4. The van der Waals surface area contributed by atoms with Crippen LogP contribution in [0.15, 0.2) is 65.9 Å². The standard InChI is InChI=1S/C33H41N5O5/c1-5-41-27(39)21-37-22-34-28-29(37)35-31(36-30(28)42-26-14-10-7-11-15-26)38(32(40)43-33(2,3)4)20-23-16-18-25(19-17-23)24-12-8-6-9-13-24/h7,10-11,14-19,22,24,31,35H,5-6,8-9,12-13,20-21H2,1-4H3. The Hall–Kier alpha value is -4.34. The average molecular weight is 588 g/mol. The maximum absolute atomic E-state index is 13.7. The second-order valence-corrected chi connectivity index (χ2v) is 11.9. The van der Waals surface area contributed by atoms with Crippen LogP contribution in [-0.2, 0) is 27.4 Å². The smallest absolute Gasteiger partial charge is 0.413 e. The molecule has 5 rings (SSSR count).